The Labute approximate surface area is 135 Å². The lowest BCUT2D eigenvalue weighted by Gasteiger charge is -2.15. The number of aromatic nitrogens is 4. The van der Waals surface area contributed by atoms with E-state index >= 15 is 0 Å². The molecule has 7 nitrogen and oxygen atoms in total. The maximum absolute atomic E-state index is 12.4. The first-order chi connectivity index (χ1) is 10.1. The van der Waals surface area contributed by atoms with Crippen molar-refractivity contribution in [2.45, 2.75) is 32.9 Å². The summed E-state index contributed by atoms with van der Waals surface area (Å²) in [6.07, 6.45) is 2.81. The van der Waals surface area contributed by atoms with E-state index in [9.17, 15) is 4.79 Å². The molecule has 0 saturated carbocycles. The van der Waals surface area contributed by atoms with Gasteiger partial charge < -0.3 is 10.6 Å². The number of nitrogens with zero attached hydrogens (tertiary/aromatic N) is 3. The third-order valence-electron chi connectivity index (χ3n) is 3.89. The van der Waals surface area contributed by atoms with Crippen molar-refractivity contribution >= 4 is 18.3 Å². The summed E-state index contributed by atoms with van der Waals surface area (Å²) in [7, 11) is 1.88. The Bertz CT molecular complexity index is 677. The maximum atomic E-state index is 12.4. The predicted octanol–water partition coefficient (Wildman–Crippen LogP) is 1.01. The fourth-order valence-electron chi connectivity index (χ4n) is 2.80. The SMILES string of the molecule is Cc1nn(C)cc1C(C)NC(=O)c1n[nH]c2c1CNCC2.Cl. The van der Waals surface area contributed by atoms with Crippen molar-refractivity contribution in [3.8, 4) is 0 Å². The van der Waals surface area contributed by atoms with Crippen LogP contribution in [0.1, 0.15) is 46.0 Å². The summed E-state index contributed by atoms with van der Waals surface area (Å²) in [4.78, 5) is 12.4. The molecule has 0 aromatic carbocycles. The van der Waals surface area contributed by atoms with Crippen molar-refractivity contribution in [3.05, 3.63) is 34.4 Å². The summed E-state index contributed by atoms with van der Waals surface area (Å²) in [5.74, 6) is -0.146. The first-order valence-corrected chi connectivity index (χ1v) is 7.14. The molecule has 8 heteroatoms. The number of aryl methyl sites for hydroxylation is 2. The number of carbonyl (C=O) groups is 1. The van der Waals surface area contributed by atoms with Crippen LogP contribution in [-0.4, -0.2) is 32.4 Å². The molecule has 0 aliphatic carbocycles. The number of rotatable bonds is 3. The second kappa shape index (κ2) is 6.50. The first-order valence-electron chi connectivity index (χ1n) is 7.14. The quantitative estimate of drug-likeness (QED) is 0.786. The number of nitrogens with one attached hydrogen (secondary N) is 3. The number of aromatic amines is 1. The summed E-state index contributed by atoms with van der Waals surface area (Å²) >= 11 is 0. The molecule has 2 aromatic heterocycles. The molecule has 0 saturated heterocycles. The van der Waals surface area contributed by atoms with E-state index in [0.29, 0.717) is 12.2 Å². The highest BCUT2D eigenvalue weighted by molar-refractivity contribution is 5.94. The Morgan fingerprint density at radius 2 is 2.27 bits per heavy atom. The molecule has 1 aliphatic rings. The number of fused-ring (bicyclic) bond motifs is 1. The van der Waals surface area contributed by atoms with Gasteiger partial charge in [0.25, 0.3) is 5.91 Å². The molecule has 1 aliphatic heterocycles. The molecule has 0 spiro atoms. The van der Waals surface area contributed by atoms with Gasteiger partial charge >= 0.3 is 0 Å². The second-order valence-electron chi connectivity index (χ2n) is 5.49. The normalized spacial score (nSPS) is 14.9. The zero-order chi connectivity index (χ0) is 15.0. The van der Waals surface area contributed by atoms with Gasteiger partial charge in [-0.15, -0.1) is 12.4 Å². The molecule has 0 radical (unpaired) electrons. The van der Waals surface area contributed by atoms with Crippen molar-refractivity contribution in [1.82, 2.24) is 30.6 Å². The highest BCUT2D eigenvalue weighted by atomic mass is 35.5. The summed E-state index contributed by atoms with van der Waals surface area (Å²) in [6, 6.07) is -0.102. The molecule has 1 amide bonds. The van der Waals surface area contributed by atoms with Crippen LogP contribution in [0.5, 0.6) is 0 Å². The Morgan fingerprint density at radius 3 is 2.95 bits per heavy atom. The summed E-state index contributed by atoms with van der Waals surface area (Å²) in [6.45, 7) is 5.51. The maximum Gasteiger partial charge on any atom is 0.272 e. The van der Waals surface area contributed by atoms with Crippen LogP contribution in [0.2, 0.25) is 0 Å². The summed E-state index contributed by atoms with van der Waals surface area (Å²) < 4.78 is 1.76. The van der Waals surface area contributed by atoms with Crippen LogP contribution in [-0.2, 0) is 20.0 Å². The number of amides is 1. The van der Waals surface area contributed by atoms with Gasteiger partial charge in [0, 0.05) is 49.6 Å². The van der Waals surface area contributed by atoms with Gasteiger partial charge in [-0.25, -0.2) is 0 Å². The lowest BCUT2D eigenvalue weighted by Crippen LogP contribution is -2.30. The predicted molar refractivity (Wildman–Crippen MR) is 85.1 cm³/mol. The van der Waals surface area contributed by atoms with Gasteiger partial charge in [0.15, 0.2) is 5.69 Å². The van der Waals surface area contributed by atoms with Gasteiger partial charge in [0.1, 0.15) is 0 Å². The highest BCUT2D eigenvalue weighted by Crippen LogP contribution is 2.19. The minimum atomic E-state index is -0.146. The monoisotopic (exact) mass is 324 g/mol. The van der Waals surface area contributed by atoms with Crippen LogP contribution in [0, 0.1) is 6.92 Å². The van der Waals surface area contributed by atoms with E-state index in [2.05, 4.69) is 25.9 Å². The lowest BCUT2D eigenvalue weighted by molar-refractivity contribution is 0.0933. The molecular weight excluding hydrogens is 304 g/mol. The Kier molecular flexibility index (Phi) is 4.87. The highest BCUT2D eigenvalue weighted by Gasteiger charge is 2.23. The number of H-pyrrole nitrogens is 1. The molecule has 0 fully saturated rings. The molecule has 1 unspecified atom stereocenters. The zero-order valence-corrected chi connectivity index (χ0v) is 13.8. The van der Waals surface area contributed by atoms with Crippen molar-refractivity contribution in [2.24, 2.45) is 7.05 Å². The Morgan fingerprint density at radius 1 is 1.50 bits per heavy atom. The molecule has 22 heavy (non-hydrogen) atoms. The number of hydrogen-bond acceptors (Lipinski definition) is 4. The minimum Gasteiger partial charge on any atom is -0.344 e. The van der Waals surface area contributed by atoms with Gasteiger partial charge in [-0.3, -0.25) is 14.6 Å². The average molecular weight is 325 g/mol. The van der Waals surface area contributed by atoms with Crippen LogP contribution in [0.15, 0.2) is 6.20 Å². The van der Waals surface area contributed by atoms with Crippen molar-refractivity contribution < 1.29 is 4.79 Å². The lowest BCUT2D eigenvalue weighted by atomic mass is 10.1. The fraction of sp³-hybridized carbons (Fsp3) is 0.500. The minimum absolute atomic E-state index is 0. The first kappa shape index (κ1) is 16.5. The van der Waals surface area contributed by atoms with Gasteiger partial charge in [0.2, 0.25) is 0 Å². The Balaban J connectivity index is 0.00000176. The second-order valence-corrected chi connectivity index (χ2v) is 5.49. The average Bonchev–Trinajstić information content (AvgIpc) is 3.01. The summed E-state index contributed by atoms with van der Waals surface area (Å²) in [5, 5.41) is 17.7. The van der Waals surface area contributed by atoms with E-state index in [1.807, 2.05) is 27.1 Å². The standard InChI is InChI=1S/C14H20N6O.ClH/c1-8(11-7-20(3)19-9(11)2)16-14(21)13-10-6-15-5-4-12(10)17-18-13;/h7-8,15H,4-6H2,1-3H3,(H,16,21)(H,17,18);1H. The van der Waals surface area contributed by atoms with Crippen molar-refractivity contribution in [2.75, 3.05) is 6.54 Å². The van der Waals surface area contributed by atoms with E-state index in [-0.39, 0.29) is 24.4 Å². The zero-order valence-electron chi connectivity index (χ0n) is 12.9. The van der Waals surface area contributed by atoms with Crippen molar-refractivity contribution in [1.29, 1.82) is 0 Å². The smallest absolute Gasteiger partial charge is 0.272 e. The van der Waals surface area contributed by atoms with Crippen LogP contribution < -0.4 is 10.6 Å². The summed E-state index contributed by atoms with van der Waals surface area (Å²) in [5.41, 5.74) is 4.48. The fourth-order valence-corrected chi connectivity index (χ4v) is 2.80. The van der Waals surface area contributed by atoms with Gasteiger partial charge in [-0.05, 0) is 13.8 Å². The third-order valence-corrected chi connectivity index (χ3v) is 3.89. The number of halogens is 1. The van der Waals surface area contributed by atoms with E-state index in [0.717, 1.165) is 35.5 Å². The molecule has 120 valence electrons. The number of carbonyl (C=O) groups excluding carboxylic acids is 1. The van der Waals surface area contributed by atoms with Crippen LogP contribution in [0.4, 0.5) is 0 Å². The largest absolute Gasteiger partial charge is 0.344 e. The number of hydrogen-bond donors (Lipinski definition) is 3. The van der Waals surface area contributed by atoms with E-state index in [1.165, 1.54) is 0 Å². The molecule has 2 aromatic rings. The van der Waals surface area contributed by atoms with E-state index < -0.39 is 0 Å². The molecule has 3 rings (SSSR count). The van der Waals surface area contributed by atoms with E-state index in [1.54, 1.807) is 4.68 Å². The molecule has 3 heterocycles. The topological polar surface area (TPSA) is 87.6 Å². The van der Waals surface area contributed by atoms with E-state index in [4.69, 9.17) is 0 Å². The van der Waals surface area contributed by atoms with Gasteiger partial charge in [-0.2, -0.15) is 10.2 Å². The molecule has 3 N–H and O–H groups in total. The molecule has 0 bridgehead atoms. The van der Waals surface area contributed by atoms with Crippen LogP contribution in [0.3, 0.4) is 0 Å². The van der Waals surface area contributed by atoms with Crippen molar-refractivity contribution in [3.63, 3.8) is 0 Å². The van der Waals surface area contributed by atoms with Crippen LogP contribution >= 0.6 is 12.4 Å². The Hall–Kier alpha value is -1.86. The van der Waals surface area contributed by atoms with Gasteiger partial charge in [0.05, 0.1) is 11.7 Å². The molecular formula is C14H21ClN6O. The molecule has 1 atom stereocenters. The third kappa shape index (κ3) is 3.00. The van der Waals surface area contributed by atoms with Gasteiger partial charge in [-0.1, -0.05) is 0 Å². The van der Waals surface area contributed by atoms with Crippen LogP contribution in [0.25, 0.3) is 0 Å².